The standard InChI is InChI=1S/C21H22N2O2/c1-14-6-2-5-9-19(14)22-20(24)17-12-18(17)21(25)23-11-10-15-7-3-4-8-16(15)13-23/h2-9,17-18H,10-13H2,1H3,(H,22,24). The van der Waals surface area contributed by atoms with Crippen molar-refractivity contribution in [2.45, 2.75) is 26.3 Å². The van der Waals surface area contributed by atoms with E-state index in [0.29, 0.717) is 13.0 Å². The van der Waals surface area contributed by atoms with Crippen LogP contribution in [0.25, 0.3) is 0 Å². The average Bonchev–Trinajstić information content (AvgIpc) is 3.43. The summed E-state index contributed by atoms with van der Waals surface area (Å²) in [5, 5.41) is 2.97. The number of nitrogens with zero attached hydrogens (tertiary/aromatic N) is 1. The number of fused-ring (bicyclic) bond motifs is 1. The Morgan fingerprint density at radius 1 is 1.00 bits per heavy atom. The molecule has 1 saturated carbocycles. The number of aryl methyl sites for hydroxylation is 1. The van der Waals surface area contributed by atoms with Crippen molar-refractivity contribution >= 4 is 17.5 Å². The summed E-state index contributed by atoms with van der Waals surface area (Å²) in [6, 6.07) is 16.0. The molecule has 2 atom stereocenters. The summed E-state index contributed by atoms with van der Waals surface area (Å²) in [7, 11) is 0. The van der Waals surface area contributed by atoms with Gasteiger partial charge in [0.1, 0.15) is 0 Å². The predicted octanol–water partition coefficient (Wildman–Crippen LogP) is 3.15. The number of nitrogens with one attached hydrogen (secondary N) is 1. The van der Waals surface area contributed by atoms with Crippen LogP contribution in [-0.4, -0.2) is 23.3 Å². The lowest BCUT2D eigenvalue weighted by atomic mass is 9.99. The molecule has 1 aliphatic heterocycles. The van der Waals surface area contributed by atoms with E-state index in [0.717, 1.165) is 24.2 Å². The fourth-order valence-electron chi connectivity index (χ4n) is 3.61. The first-order valence-corrected chi connectivity index (χ1v) is 8.85. The normalized spacial score (nSPS) is 21.4. The van der Waals surface area contributed by atoms with Crippen LogP contribution in [0.1, 0.15) is 23.1 Å². The lowest BCUT2D eigenvalue weighted by Gasteiger charge is -2.29. The molecule has 0 spiro atoms. The number of carbonyl (C=O) groups excluding carboxylic acids is 2. The summed E-state index contributed by atoms with van der Waals surface area (Å²) in [5.41, 5.74) is 4.42. The quantitative estimate of drug-likeness (QED) is 0.937. The van der Waals surface area contributed by atoms with Crippen LogP contribution in [0.2, 0.25) is 0 Å². The zero-order chi connectivity index (χ0) is 17.4. The monoisotopic (exact) mass is 334 g/mol. The molecule has 25 heavy (non-hydrogen) atoms. The molecule has 0 bridgehead atoms. The molecule has 1 N–H and O–H groups in total. The zero-order valence-electron chi connectivity index (χ0n) is 14.4. The summed E-state index contributed by atoms with van der Waals surface area (Å²) in [5.74, 6) is -0.261. The zero-order valence-corrected chi connectivity index (χ0v) is 14.4. The van der Waals surface area contributed by atoms with Gasteiger partial charge in [0.15, 0.2) is 0 Å². The Bertz CT molecular complexity index is 830. The topological polar surface area (TPSA) is 49.4 Å². The Labute approximate surface area is 147 Å². The van der Waals surface area contributed by atoms with Gasteiger partial charge in [-0.15, -0.1) is 0 Å². The predicted molar refractivity (Wildman–Crippen MR) is 97.0 cm³/mol. The summed E-state index contributed by atoms with van der Waals surface area (Å²) in [6.45, 7) is 3.38. The van der Waals surface area contributed by atoms with E-state index in [-0.39, 0.29) is 23.7 Å². The fourth-order valence-corrected chi connectivity index (χ4v) is 3.61. The first kappa shape index (κ1) is 15.9. The molecule has 4 rings (SSSR count). The number of hydrogen-bond donors (Lipinski definition) is 1. The molecule has 1 fully saturated rings. The largest absolute Gasteiger partial charge is 0.338 e. The molecular formula is C21H22N2O2. The van der Waals surface area contributed by atoms with Gasteiger partial charge in [-0.1, -0.05) is 42.5 Å². The van der Waals surface area contributed by atoms with Gasteiger partial charge in [0.2, 0.25) is 11.8 Å². The molecule has 128 valence electrons. The maximum atomic E-state index is 12.8. The smallest absolute Gasteiger partial charge is 0.228 e. The van der Waals surface area contributed by atoms with Gasteiger partial charge in [-0.2, -0.15) is 0 Å². The van der Waals surface area contributed by atoms with E-state index >= 15 is 0 Å². The van der Waals surface area contributed by atoms with Crippen LogP contribution in [0.4, 0.5) is 5.69 Å². The molecule has 1 aliphatic carbocycles. The lowest BCUT2D eigenvalue weighted by molar-refractivity contribution is -0.135. The second-order valence-electron chi connectivity index (χ2n) is 7.03. The van der Waals surface area contributed by atoms with Crippen LogP contribution < -0.4 is 5.32 Å². The Balaban J connectivity index is 1.37. The second kappa shape index (κ2) is 6.36. The molecule has 2 unspecified atom stereocenters. The van der Waals surface area contributed by atoms with Crippen molar-refractivity contribution < 1.29 is 9.59 Å². The fraction of sp³-hybridized carbons (Fsp3) is 0.333. The highest BCUT2D eigenvalue weighted by molar-refractivity contribution is 5.99. The van der Waals surface area contributed by atoms with Crippen molar-refractivity contribution in [3.8, 4) is 0 Å². The first-order chi connectivity index (χ1) is 12.1. The molecule has 4 heteroatoms. The second-order valence-corrected chi connectivity index (χ2v) is 7.03. The molecule has 2 amide bonds. The average molecular weight is 334 g/mol. The van der Waals surface area contributed by atoms with Gasteiger partial charge in [-0.25, -0.2) is 0 Å². The van der Waals surface area contributed by atoms with Crippen molar-refractivity contribution in [1.29, 1.82) is 0 Å². The summed E-state index contributed by atoms with van der Waals surface area (Å²) in [4.78, 5) is 27.1. The molecule has 0 saturated heterocycles. The van der Waals surface area contributed by atoms with Crippen LogP contribution in [-0.2, 0) is 22.6 Å². The van der Waals surface area contributed by atoms with E-state index in [4.69, 9.17) is 0 Å². The van der Waals surface area contributed by atoms with Gasteiger partial charge in [-0.05, 0) is 42.5 Å². The number of amides is 2. The van der Waals surface area contributed by atoms with Crippen LogP contribution in [0, 0.1) is 18.8 Å². The maximum Gasteiger partial charge on any atom is 0.228 e. The van der Waals surface area contributed by atoms with Gasteiger partial charge in [0, 0.05) is 18.8 Å². The van der Waals surface area contributed by atoms with E-state index in [9.17, 15) is 9.59 Å². The molecule has 2 aliphatic rings. The van der Waals surface area contributed by atoms with Crippen molar-refractivity contribution in [2.75, 3.05) is 11.9 Å². The molecule has 0 aromatic heterocycles. The summed E-state index contributed by atoms with van der Waals surface area (Å²) >= 11 is 0. The molecule has 2 aromatic rings. The third-order valence-corrected chi connectivity index (χ3v) is 5.29. The van der Waals surface area contributed by atoms with Gasteiger partial charge in [0.05, 0.1) is 11.8 Å². The number of carbonyl (C=O) groups is 2. The third-order valence-electron chi connectivity index (χ3n) is 5.29. The molecular weight excluding hydrogens is 312 g/mol. The minimum atomic E-state index is -0.190. The Hall–Kier alpha value is -2.62. The van der Waals surface area contributed by atoms with Gasteiger partial charge < -0.3 is 10.2 Å². The summed E-state index contributed by atoms with van der Waals surface area (Å²) < 4.78 is 0. The van der Waals surface area contributed by atoms with Crippen molar-refractivity contribution in [2.24, 2.45) is 11.8 Å². The van der Waals surface area contributed by atoms with Gasteiger partial charge in [0.25, 0.3) is 0 Å². The van der Waals surface area contributed by atoms with Gasteiger partial charge >= 0.3 is 0 Å². The lowest BCUT2D eigenvalue weighted by Crippen LogP contribution is -2.37. The van der Waals surface area contributed by atoms with Crippen molar-refractivity contribution in [3.05, 3.63) is 65.2 Å². The van der Waals surface area contributed by atoms with E-state index in [1.807, 2.05) is 48.2 Å². The van der Waals surface area contributed by atoms with Crippen molar-refractivity contribution in [1.82, 2.24) is 4.90 Å². The van der Waals surface area contributed by atoms with Crippen LogP contribution in [0.15, 0.2) is 48.5 Å². The number of anilines is 1. The van der Waals surface area contributed by atoms with Crippen molar-refractivity contribution in [3.63, 3.8) is 0 Å². The number of hydrogen-bond acceptors (Lipinski definition) is 2. The number of para-hydroxylation sites is 1. The minimum absolute atomic E-state index is 0.0370. The Morgan fingerprint density at radius 2 is 1.72 bits per heavy atom. The number of rotatable bonds is 3. The van der Waals surface area contributed by atoms with Gasteiger partial charge in [-0.3, -0.25) is 9.59 Å². The molecule has 0 radical (unpaired) electrons. The maximum absolute atomic E-state index is 12.8. The van der Waals surface area contributed by atoms with Crippen LogP contribution in [0.5, 0.6) is 0 Å². The van der Waals surface area contributed by atoms with Crippen LogP contribution >= 0.6 is 0 Å². The molecule has 2 aromatic carbocycles. The SMILES string of the molecule is Cc1ccccc1NC(=O)C1CC1C(=O)N1CCc2ccccc2C1. The third kappa shape index (κ3) is 3.16. The van der Waals surface area contributed by atoms with E-state index < -0.39 is 0 Å². The van der Waals surface area contributed by atoms with E-state index in [1.165, 1.54) is 11.1 Å². The number of benzene rings is 2. The van der Waals surface area contributed by atoms with E-state index in [2.05, 4.69) is 17.4 Å². The first-order valence-electron chi connectivity index (χ1n) is 8.85. The highest BCUT2D eigenvalue weighted by atomic mass is 16.2. The van der Waals surface area contributed by atoms with Crippen LogP contribution in [0.3, 0.4) is 0 Å². The Morgan fingerprint density at radius 3 is 2.52 bits per heavy atom. The highest BCUT2D eigenvalue weighted by Crippen LogP contribution is 2.41. The minimum Gasteiger partial charge on any atom is -0.338 e. The van der Waals surface area contributed by atoms with E-state index in [1.54, 1.807) is 0 Å². The summed E-state index contributed by atoms with van der Waals surface area (Å²) in [6.07, 6.45) is 1.56. The highest BCUT2D eigenvalue weighted by Gasteiger charge is 2.49. The molecule has 1 heterocycles. The Kier molecular flexibility index (Phi) is 4.04. The molecule has 4 nitrogen and oxygen atoms in total.